The molecule has 9 nitrogen and oxygen atoms in total. The van der Waals surface area contributed by atoms with Crippen molar-refractivity contribution in [3.8, 4) is 6.07 Å². The van der Waals surface area contributed by atoms with Gasteiger partial charge in [-0.05, 0) is 45.3 Å². The number of ether oxygens (including phenoxy) is 2. The maximum Gasteiger partial charge on any atom is 0.236 e. The maximum atomic E-state index is 9.53. The summed E-state index contributed by atoms with van der Waals surface area (Å²) in [6.45, 7) is 15.2. The van der Waals surface area contributed by atoms with Crippen molar-refractivity contribution in [2.75, 3.05) is 31.5 Å². The Bertz CT molecular complexity index is 1070. The molecule has 2 aromatic rings. The average molecular weight is 500 g/mol. The molecule has 0 saturated carbocycles. The summed E-state index contributed by atoms with van der Waals surface area (Å²) in [4.78, 5) is 8.89. The minimum absolute atomic E-state index is 0.0355. The van der Waals surface area contributed by atoms with Gasteiger partial charge in [-0.25, -0.2) is 9.97 Å². The fraction of sp³-hybridized carbons (Fsp3) is 0.480. The summed E-state index contributed by atoms with van der Waals surface area (Å²) in [5, 5.41) is 13.7. The van der Waals surface area contributed by atoms with E-state index in [1.807, 2.05) is 43.7 Å². The van der Waals surface area contributed by atoms with Crippen molar-refractivity contribution in [3.05, 3.63) is 55.0 Å². The van der Waals surface area contributed by atoms with Gasteiger partial charge in [0.1, 0.15) is 30.1 Å². The molecular weight excluding hydrogens is 465 g/mol. The van der Waals surface area contributed by atoms with Gasteiger partial charge < -0.3 is 28.4 Å². The van der Waals surface area contributed by atoms with Gasteiger partial charge in [0.15, 0.2) is 8.38 Å². The van der Waals surface area contributed by atoms with E-state index < -0.39 is 8.38 Å². The Morgan fingerprint density at radius 2 is 2.11 bits per heavy atom. The third kappa shape index (κ3) is 6.97. The van der Waals surface area contributed by atoms with E-state index in [4.69, 9.17) is 18.5 Å². The minimum Gasteiger partial charge on any atom is -0.369 e. The van der Waals surface area contributed by atoms with Crippen molar-refractivity contribution in [2.24, 2.45) is 0 Å². The molecule has 0 bridgehead atoms. The Kier molecular flexibility index (Phi) is 10.4. The third-order valence-corrected chi connectivity index (χ3v) is 7.00. The molecule has 1 aliphatic heterocycles. The number of fused-ring (bicyclic) bond motifs is 1. The van der Waals surface area contributed by atoms with E-state index in [1.54, 1.807) is 12.2 Å². The first-order valence-corrected chi connectivity index (χ1v) is 13.2. The normalized spacial score (nSPS) is 19.1. The molecule has 0 amide bonds. The Hall–Kier alpha value is -2.60. The first-order valence-electron chi connectivity index (χ1n) is 11.8. The quantitative estimate of drug-likeness (QED) is 0.271. The Balaban J connectivity index is 1.72. The van der Waals surface area contributed by atoms with E-state index in [1.165, 1.54) is 0 Å². The number of nitrogens with one attached hydrogen (secondary N) is 1. The van der Waals surface area contributed by atoms with E-state index in [0.29, 0.717) is 37.6 Å². The fourth-order valence-electron chi connectivity index (χ4n) is 3.91. The summed E-state index contributed by atoms with van der Waals surface area (Å²) in [6.07, 6.45) is 9.18. The summed E-state index contributed by atoms with van der Waals surface area (Å²) in [5.41, 5.74) is 1.62. The molecule has 1 N–H and O–H groups in total. The van der Waals surface area contributed by atoms with E-state index in [2.05, 4.69) is 34.5 Å². The summed E-state index contributed by atoms with van der Waals surface area (Å²) in [5.74, 6) is 0.686. The van der Waals surface area contributed by atoms with Crippen molar-refractivity contribution in [1.29, 1.82) is 5.26 Å². The van der Waals surface area contributed by atoms with Gasteiger partial charge in [-0.1, -0.05) is 31.4 Å². The number of anilines is 1. The fourth-order valence-corrected chi connectivity index (χ4v) is 4.97. The van der Waals surface area contributed by atoms with Crippen molar-refractivity contribution in [1.82, 2.24) is 14.5 Å². The first-order chi connectivity index (χ1) is 17.0. The number of nitriles is 1. The molecule has 10 heteroatoms. The van der Waals surface area contributed by atoms with E-state index >= 15 is 0 Å². The van der Waals surface area contributed by atoms with Crippen LogP contribution >= 0.6 is 8.38 Å². The highest BCUT2D eigenvalue weighted by atomic mass is 31.2. The summed E-state index contributed by atoms with van der Waals surface area (Å²) < 4.78 is 25.2. The lowest BCUT2D eigenvalue weighted by Gasteiger charge is -2.19. The van der Waals surface area contributed by atoms with Gasteiger partial charge >= 0.3 is 0 Å². The standard InChI is InChI=1S/C25H34N5O4P/c1-6-10-19(7-2)18(5)27-24-21-13-14-30(25(21)29-22(15-26)28-24)23-12-11-20(34-23)16-31-17-35(32-8-3)33-9-4/h6-7,10,13-14,18,20,23H,1-2,8-9,11-12,16-17H2,3-5H3,(H,27,28,29)/b19-10+/t18-,20?,23?/m1/s1. The molecule has 1 saturated heterocycles. The van der Waals surface area contributed by atoms with Crippen LogP contribution in [-0.4, -0.2) is 52.8 Å². The van der Waals surface area contributed by atoms with Gasteiger partial charge in [-0.15, -0.1) is 0 Å². The van der Waals surface area contributed by atoms with Crippen LogP contribution in [0.15, 0.2) is 49.2 Å². The Morgan fingerprint density at radius 1 is 1.34 bits per heavy atom. The molecule has 1 aliphatic rings. The number of aromatic nitrogens is 3. The van der Waals surface area contributed by atoms with E-state index in [0.717, 1.165) is 23.8 Å². The van der Waals surface area contributed by atoms with Gasteiger partial charge in [-0.2, -0.15) is 5.26 Å². The van der Waals surface area contributed by atoms with Crippen LogP contribution in [0.2, 0.25) is 0 Å². The molecule has 0 radical (unpaired) electrons. The van der Waals surface area contributed by atoms with Crippen molar-refractivity contribution in [3.63, 3.8) is 0 Å². The van der Waals surface area contributed by atoms with E-state index in [-0.39, 0.29) is 24.2 Å². The van der Waals surface area contributed by atoms with Crippen LogP contribution in [0.1, 0.15) is 45.7 Å². The maximum absolute atomic E-state index is 9.53. The second-order valence-electron chi connectivity index (χ2n) is 7.90. The monoisotopic (exact) mass is 499 g/mol. The second-order valence-corrected chi connectivity index (χ2v) is 9.34. The number of rotatable bonds is 14. The highest BCUT2D eigenvalue weighted by Gasteiger charge is 2.29. The average Bonchev–Trinajstić information content (AvgIpc) is 3.49. The van der Waals surface area contributed by atoms with Gasteiger partial charge in [0.25, 0.3) is 0 Å². The molecular formula is C25H34N5O4P. The first kappa shape index (κ1) is 27.0. The molecule has 1 fully saturated rings. The molecule has 3 atom stereocenters. The zero-order valence-corrected chi connectivity index (χ0v) is 21.5. The molecule has 0 aromatic carbocycles. The van der Waals surface area contributed by atoms with Gasteiger partial charge in [-0.3, -0.25) is 0 Å². The van der Waals surface area contributed by atoms with Crippen LogP contribution in [-0.2, 0) is 18.5 Å². The van der Waals surface area contributed by atoms with Crippen LogP contribution in [0, 0.1) is 11.3 Å². The van der Waals surface area contributed by atoms with Crippen LogP contribution in [0.4, 0.5) is 5.82 Å². The summed E-state index contributed by atoms with van der Waals surface area (Å²) in [6, 6.07) is 3.93. The highest BCUT2D eigenvalue weighted by Crippen LogP contribution is 2.38. The third-order valence-electron chi connectivity index (χ3n) is 5.51. The lowest BCUT2D eigenvalue weighted by molar-refractivity contribution is -0.0340. The summed E-state index contributed by atoms with van der Waals surface area (Å²) in [7, 11) is -1.03. The molecule has 2 aromatic heterocycles. The smallest absolute Gasteiger partial charge is 0.236 e. The van der Waals surface area contributed by atoms with E-state index in [9.17, 15) is 5.26 Å². The van der Waals surface area contributed by atoms with Gasteiger partial charge in [0.05, 0.1) is 31.3 Å². The predicted molar refractivity (Wildman–Crippen MR) is 138 cm³/mol. The topological polar surface area (TPSA) is 103 Å². The Morgan fingerprint density at radius 3 is 2.77 bits per heavy atom. The van der Waals surface area contributed by atoms with Crippen LogP contribution in [0.25, 0.3) is 11.0 Å². The minimum atomic E-state index is -1.03. The zero-order valence-electron chi connectivity index (χ0n) is 20.6. The molecule has 2 unspecified atom stereocenters. The molecule has 3 rings (SSSR count). The van der Waals surface area contributed by atoms with Crippen molar-refractivity contribution in [2.45, 2.75) is 52.0 Å². The van der Waals surface area contributed by atoms with Gasteiger partial charge in [0.2, 0.25) is 5.82 Å². The molecule has 3 heterocycles. The number of allylic oxidation sites excluding steroid dienone is 2. The summed E-state index contributed by atoms with van der Waals surface area (Å²) >= 11 is 0. The molecule has 188 valence electrons. The van der Waals surface area contributed by atoms with Crippen LogP contribution in [0.3, 0.4) is 0 Å². The van der Waals surface area contributed by atoms with Crippen LogP contribution in [0.5, 0.6) is 0 Å². The molecule has 35 heavy (non-hydrogen) atoms. The Labute approximate surface area is 208 Å². The zero-order chi connectivity index (χ0) is 25.2. The highest BCUT2D eigenvalue weighted by molar-refractivity contribution is 7.47. The largest absolute Gasteiger partial charge is 0.369 e. The van der Waals surface area contributed by atoms with Crippen LogP contribution < -0.4 is 5.32 Å². The SMILES string of the molecule is C=C/C=C(\C=C)[C@@H](C)Nc1nc(C#N)nc2c1ccn2C1CCC(COCP(OCC)OCC)O1. The second kappa shape index (κ2) is 13.5. The number of nitrogens with zero attached hydrogens (tertiary/aromatic N) is 4. The lowest BCUT2D eigenvalue weighted by atomic mass is 10.1. The predicted octanol–water partition coefficient (Wildman–Crippen LogP) is 5.44. The molecule has 0 aliphatic carbocycles. The van der Waals surface area contributed by atoms with Crippen molar-refractivity contribution < 1.29 is 18.5 Å². The molecule has 0 spiro atoms. The van der Waals surface area contributed by atoms with Gasteiger partial charge in [0, 0.05) is 12.2 Å². The van der Waals surface area contributed by atoms with Crippen molar-refractivity contribution >= 4 is 25.2 Å². The lowest BCUT2D eigenvalue weighted by Crippen LogP contribution is -2.19. The number of hydrogen-bond acceptors (Lipinski definition) is 8. The number of hydrogen-bond donors (Lipinski definition) is 1.